The van der Waals surface area contributed by atoms with Crippen LogP contribution in [-0.4, -0.2) is 19.7 Å². The Morgan fingerprint density at radius 1 is 1.26 bits per heavy atom. The molecule has 0 bridgehead atoms. The zero-order chi connectivity index (χ0) is 13.1. The van der Waals surface area contributed by atoms with Crippen molar-refractivity contribution in [1.29, 1.82) is 0 Å². The van der Waals surface area contributed by atoms with Crippen molar-refractivity contribution in [1.82, 2.24) is 19.7 Å². The standard InChI is InChI=1S/C13H13N5S/c1-10-8-15-13(19-10)16-9-11-4-2-5-14-12(11)18-7-3-6-17-18/h2-8H,9H2,1H3,(H,15,16). The smallest absolute Gasteiger partial charge is 0.183 e. The lowest BCUT2D eigenvalue weighted by Gasteiger charge is -2.08. The minimum atomic E-state index is 0.677. The Balaban J connectivity index is 1.81. The van der Waals surface area contributed by atoms with Crippen LogP contribution in [0.15, 0.2) is 43.0 Å². The van der Waals surface area contributed by atoms with E-state index in [0.717, 1.165) is 16.5 Å². The van der Waals surface area contributed by atoms with E-state index in [-0.39, 0.29) is 0 Å². The van der Waals surface area contributed by atoms with E-state index in [4.69, 9.17) is 0 Å². The fourth-order valence-electron chi connectivity index (χ4n) is 1.78. The number of hydrogen-bond acceptors (Lipinski definition) is 5. The molecule has 96 valence electrons. The molecular formula is C13H13N5S. The van der Waals surface area contributed by atoms with Gasteiger partial charge in [-0.1, -0.05) is 6.07 Å². The number of anilines is 1. The monoisotopic (exact) mass is 271 g/mol. The molecule has 5 nitrogen and oxygen atoms in total. The van der Waals surface area contributed by atoms with Gasteiger partial charge in [-0.3, -0.25) is 0 Å². The second kappa shape index (κ2) is 5.19. The second-order valence-corrected chi connectivity index (χ2v) is 5.30. The summed E-state index contributed by atoms with van der Waals surface area (Å²) in [7, 11) is 0. The van der Waals surface area contributed by atoms with Crippen LogP contribution in [0, 0.1) is 6.92 Å². The van der Waals surface area contributed by atoms with Gasteiger partial charge in [-0.25, -0.2) is 14.6 Å². The first-order chi connectivity index (χ1) is 9.33. The quantitative estimate of drug-likeness (QED) is 0.792. The Hall–Kier alpha value is -2.21. The Kier molecular flexibility index (Phi) is 3.24. The first-order valence-electron chi connectivity index (χ1n) is 5.93. The highest BCUT2D eigenvalue weighted by Gasteiger charge is 2.06. The molecule has 3 aromatic heterocycles. The van der Waals surface area contributed by atoms with Crippen molar-refractivity contribution in [3.05, 3.63) is 53.4 Å². The number of hydrogen-bond donors (Lipinski definition) is 1. The predicted octanol–water partition coefficient (Wildman–Crippen LogP) is 2.64. The van der Waals surface area contributed by atoms with E-state index >= 15 is 0 Å². The van der Waals surface area contributed by atoms with Crippen molar-refractivity contribution in [3.63, 3.8) is 0 Å². The first kappa shape index (κ1) is 11.9. The van der Waals surface area contributed by atoms with Crippen molar-refractivity contribution < 1.29 is 0 Å². The maximum atomic E-state index is 4.38. The van der Waals surface area contributed by atoms with E-state index in [0.29, 0.717) is 6.54 Å². The van der Waals surface area contributed by atoms with Crippen molar-refractivity contribution in [2.75, 3.05) is 5.32 Å². The van der Waals surface area contributed by atoms with Gasteiger partial charge < -0.3 is 5.32 Å². The molecule has 3 rings (SSSR count). The van der Waals surface area contributed by atoms with E-state index in [1.807, 2.05) is 37.5 Å². The summed E-state index contributed by atoms with van der Waals surface area (Å²) < 4.78 is 1.77. The molecule has 0 spiro atoms. The van der Waals surface area contributed by atoms with Gasteiger partial charge >= 0.3 is 0 Å². The highest BCUT2D eigenvalue weighted by Crippen LogP contribution is 2.18. The Morgan fingerprint density at radius 3 is 2.95 bits per heavy atom. The van der Waals surface area contributed by atoms with Crippen molar-refractivity contribution in [2.24, 2.45) is 0 Å². The second-order valence-electron chi connectivity index (χ2n) is 4.07. The molecule has 19 heavy (non-hydrogen) atoms. The molecule has 0 atom stereocenters. The summed E-state index contributed by atoms with van der Waals surface area (Å²) in [6, 6.07) is 5.85. The fraction of sp³-hybridized carbons (Fsp3) is 0.154. The summed E-state index contributed by atoms with van der Waals surface area (Å²) in [5.41, 5.74) is 1.08. The summed E-state index contributed by atoms with van der Waals surface area (Å²) in [4.78, 5) is 9.87. The number of nitrogens with zero attached hydrogens (tertiary/aromatic N) is 4. The van der Waals surface area contributed by atoms with E-state index in [1.54, 1.807) is 28.4 Å². The van der Waals surface area contributed by atoms with Gasteiger partial charge in [0.1, 0.15) is 0 Å². The lowest BCUT2D eigenvalue weighted by molar-refractivity contribution is 0.829. The number of aromatic nitrogens is 4. The molecule has 0 unspecified atom stereocenters. The van der Waals surface area contributed by atoms with Crippen LogP contribution in [0.2, 0.25) is 0 Å². The molecule has 3 heterocycles. The number of pyridine rings is 1. The van der Waals surface area contributed by atoms with Gasteiger partial charge in [0.15, 0.2) is 10.9 Å². The maximum Gasteiger partial charge on any atom is 0.183 e. The van der Waals surface area contributed by atoms with E-state index in [9.17, 15) is 0 Å². The van der Waals surface area contributed by atoms with Crippen LogP contribution in [0.3, 0.4) is 0 Å². The summed E-state index contributed by atoms with van der Waals surface area (Å²) in [5.74, 6) is 0.841. The molecule has 3 aromatic rings. The molecule has 0 fully saturated rings. The lowest BCUT2D eigenvalue weighted by atomic mass is 10.2. The van der Waals surface area contributed by atoms with Gasteiger partial charge in [0, 0.05) is 41.8 Å². The fourth-order valence-corrected chi connectivity index (χ4v) is 2.44. The Morgan fingerprint density at radius 2 is 2.21 bits per heavy atom. The third-order valence-electron chi connectivity index (χ3n) is 2.64. The number of thiazole rings is 1. The number of aryl methyl sites for hydroxylation is 1. The molecule has 0 aromatic carbocycles. The predicted molar refractivity (Wildman–Crippen MR) is 75.5 cm³/mol. The third kappa shape index (κ3) is 2.63. The minimum Gasteiger partial charge on any atom is -0.357 e. The Bertz CT molecular complexity index is 659. The van der Waals surface area contributed by atoms with E-state index in [2.05, 4.69) is 20.4 Å². The molecule has 0 aliphatic rings. The van der Waals surface area contributed by atoms with Crippen LogP contribution in [0.25, 0.3) is 5.82 Å². The molecule has 0 saturated carbocycles. The van der Waals surface area contributed by atoms with Gasteiger partial charge in [-0.2, -0.15) is 5.10 Å². The molecule has 0 aliphatic carbocycles. The molecule has 6 heteroatoms. The van der Waals surface area contributed by atoms with Crippen LogP contribution in [0.5, 0.6) is 0 Å². The molecule has 0 amide bonds. The van der Waals surface area contributed by atoms with Gasteiger partial charge in [-0.05, 0) is 19.1 Å². The van der Waals surface area contributed by atoms with Crippen molar-refractivity contribution in [2.45, 2.75) is 13.5 Å². The highest BCUT2D eigenvalue weighted by atomic mass is 32.1. The largest absolute Gasteiger partial charge is 0.357 e. The first-order valence-corrected chi connectivity index (χ1v) is 6.75. The van der Waals surface area contributed by atoms with Crippen LogP contribution in [-0.2, 0) is 6.54 Å². The SMILES string of the molecule is Cc1cnc(NCc2cccnc2-n2cccn2)s1. The third-order valence-corrected chi connectivity index (χ3v) is 3.51. The van der Waals surface area contributed by atoms with Gasteiger partial charge in [-0.15, -0.1) is 11.3 Å². The van der Waals surface area contributed by atoms with Crippen LogP contribution >= 0.6 is 11.3 Å². The normalized spacial score (nSPS) is 10.6. The molecule has 0 saturated heterocycles. The zero-order valence-corrected chi connectivity index (χ0v) is 11.3. The molecule has 0 aliphatic heterocycles. The van der Waals surface area contributed by atoms with E-state index < -0.39 is 0 Å². The minimum absolute atomic E-state index is 0.677. The number of rotatable bonds is 4. The lowest BCUT2D eigenvalue weighted by Crippen LogP contribution is -2.07. The summed E-state index contributed by atoms with van der Waals surface area (Å²) >= 11 is 1.65. The van der Waals surface area contributed by atoms with Gasteiger partial charge in [0.05, 0.1) is 0 Å². The van der Waals surface area contributed by atoms with E-state index in [1.165, 1.54) is 4.88 Å². The zero-order valence-electron chi connectivity index (χ0n) is 10.4. The topological polar surface area (TPSA) is 55.6 Å². The average molecular weight is 271 g/mol. The highest BCUT2D eigenvalue weighted by molar-refractivity contribution is 7.15. The molecule has 0 radical (unpaired) electrons. The summed E-state index contributed by atoms with van der Waals surface area (Å²) in [6.45, 7) is 2.72. The van der Waals surface area contributed by atoms with Gasteiger partial charge in [0.2, 0.25) is 0 Å². The van der Waals surface area contributed by atoms with Gasteiger partial charge in [0.25, 0.3) is 0 Å². The molecular weight excluding hydrogens is 258 g/mol. The van der Waals surface area contributed by atoms with Crippen LogP contribution in [0.1, 0.15) is 10.4 Å². The molecule has 1 N–H and O–H groups in total. The van der Waals surface area contributed by atoms with Crippen molar-refractivity contribution >= 4 is 16.5 Å². The van der Waals surface area contributed by atoms with Crippen molar-refractivity contribution in [3.8, 4) is 5.82 Å². The average Bonchev–Trinajstić information content (AvgIpc) is 3.08. The van der Waals surface area contributed by atoms with Crippen LogP contribution in [0.4, 0.5) is 5.13 Å². The maximum absolute atomic E-state index is 4.38. The number of nitrogens with one attached hydrogen (secondary N) is 1. The Labute approximate surface area is 115 Å². The summed E-state index contributed by atoms with van der Waals surface area (Å²) in [5, 5.41) is 8.45. The summed E-state index contributed by atoms with van der Waals surface area (Å²) in [6.07, 6.45) is 7.27. The van der Waals surface area contributed by atoms with Crippen LogP contribution < -0.4 is 5.32 Å².